The van der Waals surface area contributed by atoms with Crippen molar-refractivity contribution in [2.75, 3.05) is 5.32 Å². The van der Waals surface area contributed by atoms with Crippen molar-refractivity contribution in [3.8, 4) is 11.5 Å². The van der Waals surface area contributed by atoms with Gasteiger partial charge in [-0.05, 0) is 25.5 Å². The van der Waals surface area contributed by atoms with Gasteiger partial charge in [0.1, 0.15) is 27.9 Å². The van der Waals surface area contributed by atoms with Crippen molar-refractivity contribution in [2.45, 2.75) is 37.3 Å². The van der Waals surface area contributed by atoms with E-state index in [9.17, 15) is 31.1 Å². The summed E-state index contributed by atoms with van der Waals surface area (Å²) in [5, 5.41) is 2.42. The van der Waals surface area contributed by atoms with Gasteiger partial charge in [-0.1, -0.05) is 11.6 Å². The van der Waals surface area contributed by atoms with E-state index < -0.39 is 42.1 Å². The van der Waals surface area contributed by atoms with E-state index in [0.717, 1.165) is 12.3 Å². The van der Waals surface area contributed by atoms with E-state index in [-0.39, 0.29) is 45.1 Å². The number of aryl methyl sites for hydroxylation is 1. The number of anilines is 1. The van der Waals surface area contributed by atoms with Crippen LogP contribution in [0.4, 0.5) is 32.2 Å². The number of fused-ring (bicyclic) bond motifs is 2. The van der Waals surface area contributed by atoms with E-state index in [2.05, 4.69) is 30.2 Å². The van der Waals surface area contributed by atoms with Gasteiger partial charge in [-0.3, -0.25) is 9.78 Å². The summed E-state index contributed by atoms with van der Waals surface area (Å²) < 4.78 is 79.8. The molecule has 1 unspecified atom stereocenters. The van der Waals surface area contributed by atoms with Crippen molar-refractivity contribution in [3.63, 3.8) is 0 Å². The molecule has 0 fully saturated rings. The molecule has 37 heavy (non-hydrogen) atoms. The minimum atomic E-state index is -5.71. The van der Waals surface area contributed by atoms with Crippen LogP contribution in [0.3, 0.4) is 0 Å². The number of nitrogens with zero attached hydrogens (tertiary/aromatic N) is 6. The summed E-state index contributed by atoms with van der Waals surface area (Å²) in [5.41, 5.74) is -1.16. The number of carbonyl (C=O) groups excluding carboxylic acids is 1. The first-order chi connectivity index (χ1) is 17.3. The number of alkyl halides is 5. The molecule has 5 rings (SSSR count). The van der Waals surface area contributed by atoms with E-state index in [4.69, 9.17) is 11.6 Å². The zero-order chi connectivity index (χ0) is 26.8. The third kappa shape index (κ3) is 4.04. The zero-order valence-electron chi connectivity index (χ0n) is 18.6. The maximum atomic E-state index is 13.6. The predicted molar refractivity (Wildman–Crippen MR) is 118 cm³/mol. The Kier molecular flexibility index (Phi) is 5.62. The van der Waals surface area contributed by atoms with Crippen molar-refractivity contribution in [2.24, 2.45) is 0 Å². The second-order valence-corrected chi connectivity index (χ2v) is 8.79. The maximum absolute atomic E-state index is 13.6. The molecule has 0 bridgehead atoms. The number of pyridine rings is 1. The standard InChI is InChI=1S/C22H14ClF6N7O/c1-20(13-3-2-10(24)8-31-13)14-15(23)33-16(34-17(14)35-19(20)37)12-9-36-7-6-30-18(36)11(32-12)4-5-21(25,26)22(27,28)29/h2-3,6-9H,4-5H2,1H3,(H,33,34,35,37). The summed E-state index contributed by atoms with van der Waals surface area (Å²) in [7, 11) is 0. The molecule has 0 saturated heterocycles. The Balaban J connectivity index is 1.57. The van der Waals surface area contributed by atoms with Gasteiger partial charge >= 0.3 is 12.1 Å². The average molecular weight is 542 g/mol. The van der Waals surface area contributed by atoms with Crippen molar-refractivity contribution in [1.82, 2.24) is 29.3 Å². The topological polar surface area (TPSA) is 98.0 Å². The maximum Gasteiger partial charge on any atom is 0.453 e. The molecular weight excluding hydrogens is 528 g/mol. The smallest absolute Gasteiger partial charge is 0.309 e. The fourth-order valence-electron chi connectivity index (χ4n) is 4.03. The van der Waals surface area contributed by atoms with Crippen LogP contribution < -0.4 is 5.32 Å². The van der Waals surface area contributed by atoms with E-state index in [1.54, 1.807) is 0 Å². The summed E-state index contributed by atoms with van der Waals surface area (Å²) in [5.74, 6) is -6.19. The lowest BCUT2D eigenvalue weighted by molar-refractivity contribution is -0.284. The number of hydrogen-bond donors (Lipinski definition) is 1. The van der Waals surface area contributed by atoms with Gasteiger partial charge in [0.05, 0.1) is 23.1 Å². The van der Waals surface area contributed by atoms with Gasteiger partial charge in [0, 0.05) is 25.0 Å². The number of hydrogen-bond acceptors (Lipinski definition) is 6. The molecule has 8 nitrogen and oxygen atoms in total. The number of aromatic nitrogens is 6. The number of halogens is 7. The predicted octanol–water partition coefficient (Wildman–Crippen LogP) is 4.76. The van der Waals surface area contributed by atoms with E-state index in [1.807, 2.05) is 0 Å². The van der Waals surface area contributed by atoms with Crippen LogP contribution in [0.5, 0.6) is 0 Å². The molecule has 5 heterocycles. The van der Waals surface area contributed by atoms with E-state index >= 15 is 0 Å². The molecule has 1 amide bonds. The number of amides is 1. The number of carbonyl (C=O) groups is 1. The molecule has 0 saturated carbocycles. The average Bonchev–Trinajstić information content (AvgIpc) is 3.40. The van der Waals surface area contributed by atoms with Gasteiger partial charge in [-0.2, -0.15) is 22.0 Å². The quantitative estimate of drug-likeness (QED) is 0.289. The Hall–Kier alpha value is -3.81. The summed E-state index contributed by atoms with van der Waals surface area (Å²) in [6.45, 7) is 1.51. The van der Waals surface area contributed by atoms with Crippen molar-refractivity contribution >= 4 is 29.0 Å². The van der Waals surface area contributed by atoms with Crippen LogP contribution >= 0.6 is 11.6 Å². The first kappa shape index (κ1) is 24.9. The number of nitrogens with one attached hydrogen (secondary N) is 1. The van der Waals surface area contributed by atoms with Gasteiger partial charge in [0.25, 0.3) is 0 Å². The van der Waals surface area contributed by atoms with Crippen LogP contribution in [0.2, 0.25) is 5.15 Å². The molecule has 1 aliphatic heterocycles. The highest BCUT2D eigenvalue weighted by Crippen LogP contribution is 2.45. The van der Waals surface area contributed by atoms with Crippen molar-refractivity contribution in [1.29, 1.82) is 0 Å². The van der Waals surface area contributed by atoms with Crippen LogP contribution in [-0.4, -0.2) is 47.3 Å². The highest BCUT2D eigenvalue weighted by molar-refractivity contribution is 6.32. The molecule has 192 valence electrons. The first-order valence-corrected chi connectivity index (χ1v) is 11.0. The third-order valence-corrected chi connectivity index (χ3v) is 6.33. The molecular formula is C22H14ClF6N7O. The molecule has 15 heteroatoms. The SMILES string of the molecule is CC1(c2ccc(F)cn2)C(=O)Nc2nc(-c3cn4ccnc4c(CCC(F)(F)C(F)(F)F)n3)nc(Cl)c21. The van der Waals surface area contributed by atoms with E-state index in [1.165, 1.54) is 36.0 Å². The van der Waals surface area contributed by atoms with Crippen LogP contribution in [-0.2, 0) is 16.6 Å². The second kappa shape index (κ2) is 8.36. The Morgan fingerprint density at radius 2 is 1.86 bits per heavy atom. The molecule has 0 spiro atoms. The van der Waals surface area contributed by atoms with Crippen LogP contribution in [0.15, 0.2) is 36.9 Å². The minimum Gasteiger partial charge on any atom is -0.309 e. The Bertz CT molecular complexity index is 1540. The lowest BCUT2D eigenvalue weighted by Gasteiger charge is -2.21. The summed E-state index contributed by atoms with van der Waals surface area (Å²) in [4.78, 5) is 33.6. The molecule has 1 aliphatic rings. The van der Waals surface area contributed by atoms with Gasteiger partial charge < -0.3 is 9.72 Å². The number of imidazole rings is 1. The summed E-state index contributed by atoms with van der Waals surface area (Å²) in [6, 6.07) is 2.46. The summed E-state index contributed by atoms with van der Waals surface area (Å²) in [6.07, 6.45) is -2.89. The normalized spacial score (nSPS) is 17.8. The Morgan fingerprint density at radius 1 is 1.11 bits per heavy atom. The monoisotopic (exact) mass is 541 g/mol. The molecule has 0 aromatic carbocycles. The largest absolute Gasteiger partial charge is 0.453 e. The minimum absolute atomic E-state index is 0.0108. The lowest BCUT2D eigenvalue weighted by atomic mass is 9.81. The van der Waals surface area contributed by atoms with Crippen LogP contribution in [0, 0.1) is 5.82 Å². The van der Waals surface area contributed by atoms with Crippen molar-refractivity contribution in [3.05, 3.63) is 64.8 Å². The highest BCUT2D eigenvalue weighted by atomic mass is 35.5. The Labute approximate surface area is 208 Å². The third-order valence-electron chi connectivity index (χ3n) is 6.05. The lowest BCUT2D eigenvalue weighted by Crippen LogP contribution is -2.36. The van der Waals surface area contributed by atoms with Gasteiger partial charge in [-0.15, -0.1) is 0 Å². The van der Waals surface area contributed by atoms with Gasteiger partial charge in [0.2, 0.25) is 5.91 Å². The molecule has 4 aromatic rings. The van der Waals surface area contributed by atoms with Crippen LogP contribution in [0.25, 0.3) is 17.2 Å². The molecule has 0 aliphatic carbocycles. The van der Waals surface area contributed by atoms with Gasteiger partial charge in [0.15, 0.2) is 11.5 Å². The first-order valence-electron chi connectivity index (χ1n) is 10.6. The van der Waals surface area contributed by atoms with Gasteiger partial charge in [-0.25, -0.2) is 24.3 Å². The van der Waals surface area contributed by atoms with Crippen LogP contribution in [0.1, 0.15) is 30.3 Å². The highest BCUT2D eigenvalue weighted by Gasteiger charge is 2.56. The number of rotatable bonds is 5. The zero-order valence-corrected chi connectivity index (χ0v) is 19.4. The molecule has 1 atom stereocenters. The second-order valence-electron chi connectivity index (χ2n) is 8.44. The Morgan fingerprint density at radius 3 is 2.54 bits per heavy atom. The van der Waals surface area contributed by atoms with Crippen molar-refractivity contribution < 1.29 is 31.1 Å². The fourth-order valence-corrected chi connectivity index (χ4v) is 4.39. The van der Waals surface area contributed by atoms with E-state index in [0.29, 0.717) is 0 Å². The molecule has 4 aromatic heterocycles. The molecule has 0 radical (unpaired) electrons. The molecule has 1 N–H and O–H groups in total. The summed E-state index contributed by atoms with van der Waals surface area (Å²) >= 11 is 6.45. The fraction of sp³-hybridized carbons (Fsp3) is 0.273.